The smallest absolute Gasteiger partial charge is 0.0708 e. The van der Waals surface area contributed by atoms with Crippen LogP contribution in [0.25, 0.3) is 76.4 Å². The van der Waals surface area contributed by atoms with E-state index in [0.29, 0.717) is 0 Å². The first-order chi connectivity index (χ1) is 18.8. The van der Waals surface area contributed by atoms with Crippen LogP contribution < -0.4 is 0 Å². The third kappa shape index (κ3) is 3.14. The molecule has 0 spiro atoms. The van der Waals surface area contributed by atoms with Crippen LogP contribution in [0.3, 0.4) is 0 Å². The van der Waals surface area contributed by atoms with Crippen molar-refractivity contribution in [2.45, 2.75) is 0 Å². The average Bonchev–Trinajstić information content (AvgIpc) is 2.99. The van der Waals surface area contributed by atoms with Crippen molar-refractivity contribution < 1.29 is 0 Å². The predicted molar refractivity (Wildman–Crippen MR) is 160 cm³/mol. The molecule has 0 aliphatic rings. The van der Waals surface area contributed by atoms with Crippen LogP contribution in [0.15, 0.2) is 134 Å². The number of aromatic nitrogens is 2. The Kier molecular flexibility index (Phi) is 4.55. The van der Waals surface area contributed by atoms with Gasteiger partial charge in [-0.1, -0.05) is 84.9 Å². The Morgan fingerprint density at radius 3 is 1.82 bits per heavy atom. The molecule has 0 fully saturated rings. The Balaban J connectivity index is 1.41. The molecule has 6 aromatic carbocycles. The van der Waals surface area contributed by atoms with E-state index >= 15 is 0 Å². The third-order valence-electron chi connectivity index (χ3n) is 7.73. The molecule has 2 aromatic heterocycles. The van der Waals surface area contributed by atoms with Crippen molar-refractivity contribution in [2.24, 2.45) is 0 Å². The minimum absolute atomic E-state index is 1.02. The minimum atomic E-state index is 1.02. The molecule has 0 radical (unpaired) electrons. The van der Waals surface area contributed by atoms with E-state index in [0.717, 1.165) is 11.0 Å². The fourth-order valence-electron chi connectivity index (χ4n) is 6.02. The van der Waals surface area contributed by atoms with Crippen LogP contribution >= 0.6 is 0 Å². The summed E-state index contributed by atoms with van der Waals surface area (Å²) >= 11 is 0. The Morgan fingerprint density at radius 2 is 1.03 bits per heavy atom. The molecule has 0 atom stereocenters. The highest BCUT2D eigenvalue weighted by molar-refractivity contribution is 6.24. The normalized spacial score (nSPS) is 11.7. The molecule has 0 amide bonds. The van der Waals surface area contributed by atoms with E-state index in [9.17, 15) is 0 Å². The maximum atomic E-state index is 4.60. The topological polar surface area (TPSA) is 25.8 Å². The largest absolute Gasteiger partial charge is 0.256 e. The molecule has 0 saturated carbocycles. The fourth-order valence-corrected chi connectivity index (χ4v) is 6.02. The van der Waals surface area contributed by atoms with Crippen molar-refractivity contribution in [3.63, 3.8) is 0 Å². The first-order valence-electron chi connectivity index (χ1n) is 12.9. The number of hydrogen-bond donors (Lipinski definition) is 0. The van der Waals surface area contributed by atoms with Crippen molar-refractivity contribution >= 4 is 54.1 Å². The van der Waals surface area contributed by atoms with Crippen molar-refractivity contribution in [3.8, 4) is 22.3 Å². The Hall–Kier alpha value is -5.08. The van der Waals surface area contributed by atoms with Gasteiger partial charge in [0.25, 0.3) is 0 Å². The minimum Gasteiger partial charge on any atom is -0.256 e. The van der Waals surface area contributed by atoms with Gasteiger partial charge in [-0.05, 0) is 91.0 Å². The molecule has 8 aromatic rings. The summed E-state index contributed by atoms with van der Waals surface area (Å²) < 4.78 is 0. The molecule has 8 rings (SSSR count). The van der Waals surface area contributed by atoms with E-state index in [2.05, 4.69) is 119 Å². The van der Waals surface area contributed by atoms with E-state index < -0.39 is 0 Å². The van der Waals surface area contributed by atoms with Crippen LogP contribution in [0.2, 0.25) is 0 Å². The molecule has 0 N–H and O–H groups in total. The first-order valence-corrected chi connectivity index (χ1v) is 12.9. The third-order valence-corrected chi connectivity index (χ3v) is 7.73. The summed E-state index contributed by atoms with van der Waals surface area (Å²) in [5, 5.41) is 9.93. The van der Waals surface area contributed by atoms with Crippen molar-refractivity contribution in [1.29, 1.82) is 0 Å². The SMILES string of the molecule is c1cc(-c2ccc3c(ccc4cc(-c5cccc6ncccc56)c5ccccc5c43)c2)c2cccnc2c1. The van der Waals surface area contributed by atoms with E-state index in [1.165, 1.54) is 65.3 Å². The highest BCUT2D eigenvalue weighted by atomic mass is 14.6. The molecule has 0 unspecified atom stereocenters. The summed E-state index contributed by atoms with van der Waals surface area (Å²) in [5.41, 5.74) is 6.91. The highest BCUT2D eigenvalue weighted by Crippen LogP contribution is 2.41. The van der Waals surface area contributed by atoms with Gasteiger partial charge in [-0.15, -0.1) is 0 Å². The van der Waals surface area contributed by atoms with Gasteiger partial charge < -0.3 is 0 Å². The molecule has 2 heteroatoms. The van der Waals surface area contributed by atoms with Crippen molar-refractivity contribution in [3.05, 3.63) is 134 Å². The molecule has 176 valence electrons. The lowest BCUT2D eigenvalue weighted by atomic mass is 9.89. The van der Waals surface area contributed by atoms with Crippen LogP contribution in [0, 0.1) is 0 Å². The molecule has 2 nitrogen and oxygen atoms in total. The zero-order chi connectivity index (χ0) is 25.1. The quantitative estimate of drug-likeness (QED) is 0.229. The number of benzene rings is 6. The van der Waals surface area contributed by atoms with Gasteiger partial charge in [0.1, 0.15) is 0 Å². The van der Waals surface area contributed by atoms with Crippen molar-refractivity contribution in [2.75, 3.05) is 0 Å². The predicted octanol–water partition coefficient (Wildman–Crippen LogP) is 9.58. The maximum absolute atomic E-state index is 4.60. The number of rotatable bonds is 2. The summed E-state index contributed by atoms with van der Waals surface area (Å²) in [5.74, 6) is 0. The van der Waals surface area contributed by atoms with E-state index in [1.807, 2.05) is 24.5 Å². The molecule has 0 aliphatic heterocycles. The van der Waals surface area contributed by atoms with Crippen LogP contribution in [-0.2, 0) is 0 Å². The van der Waals surface area contributed by atoms with Gasteiger partial charge in [-0.2, -0.15) is 0 Å². The second kappa shape index (κ2) is 8.22. The standard InChI is InChI=1S/C36H22N2/c1-2-8-32-29(7-1)33(28-10-4-14-35-31(28)12-6-20-38-35)22-25-16-15-24-21-23(17-18-27(24)36(25)32)26-9-3-13-34-30(26)11-5-19-37-34/h1-22H. The molecule has 0 bridgehead atoms. The number of hydrogen-bond acceptors (Lipinski definition) is 2. The van der Waals surface area contributed by atoms with Crippen LogP contribution in [0.5, 0.6) is 0 Å². The Bertz CT molecular complexity index is 2180. The summed E-state index contributed by atoms with van der Waals surface area (Å²) in [4.78, 5) is 9.15. The fraction of sp³-hybridized carbons (Fsp3) is 0. The van der Waals surface area contributed by atoms with Crippen LogP contribution in [0.4, 0.5) is 0 Å². The Labute approximate surface area is 219 Å². The molecule has 0 saturated heterocycles. The molecule has 2 heterocycles. The second-order valence-corrected chi connectivity index (χ2v) is 9.82. The summed E-state index contributed by atoms with van der Waals surface area (Å²) in [6.07, 6.45) is 3.71. The van der Waals surface area contributed by atoms with Crippen LogP contribution in [-0.4, -0.2) is 9.97 Å². The van der Waals surface area contributed by atoms with E-state index in [1.54, 1.807) is 0 Å². The lowest BCUT2D eigenvalue weighted by Gasteiger charge is -2.15. The summed E-state index contributed by atoms with van der Waals surface area (Å²) in [6, 6.07) is 43.6. The van der Waals surface area contributed by atoms with Gasteiger partial charge in [0.15, 0.2) is 0 Å². The van der Waals surface area contributed by atoms with Gasteiger partial charge in [0.05, 0.1) is 11.0 Å². The molecular weight excluding hydrogens is 460 g/mol. The molecule has 0 aliphatic carbocycles. The first kappa shape index (κ1) is 21.0. The zero-order valence-corrected chi connectivity index (χ0v) is 20.6. The van der Waals surface area contributed by atoms with Crippen LogP contribution in [0.1, 0.15) is 0 Å². The monoisotopic (exact) mass is 482 g/mol. The van der Waals surface area contributed by atoms with Gasteiger partial charge in [-0.3, -0.25) is 9.97 Å². The number of fused-ring (bicyclic) bond motifs is 7. The molecule has 38 heavy (non-hydrogen) atoms. The second-order valence-electron chi connectivity index (χ2n) is 9.82. The van der Waals surface area contributed by atoms with Gasteiger partial charge in [0, 0.05) is 23.2 Å². The number of pyridine rings is 2. The average molecular weight is 483 g/mol. The van der Waals surface area contributed by atoms with Crippen molar-refractivity contribution in [1.82, 2.24) is 9.97 Å². The van der Waals surface area contributed by atoms with E-state index in [4.69, 9.17) is 0 Å². The summed E-state index contributed by atoms with van der Waals surface area (Å²) in [7, 11) is 0. The zero-order valence-electron chi connectivity index (χ0n) is 20.6. The Morgan fingerprint density at radius 1 is 0.368 bits per heavy atom. The van der Waals surface area contributed by atoms with E-state index in [-0.39, 0.29) is 0 Å². The summed E-state index contributed by atoms with van der Waals surface area (Å²) in [6.45, 7) is 0. The lowest BCUT2D eigenvalue weighted by Crippen LogP contribution is -1.89. The number of nitrogens with zero attached hydrogens (tertiary/aromatic N) is 2. The van der Waals surface area contributed by atoms with Gasteiger partial charge in [-0.25, -0.2) is 0 Å². The highest BCUT2D eigenvalue weighted by Gasteiger charge is 2.14. The van der Waals surface area contributed by atoms with Gasteiger partial charge in [0.2, 0.25) is 0 Å². The maximum Gasteiger partial charge on any atom is 0.0708 e. The molecular formula is C36H22N2. The van der Waals surface area contributed by atoms with Gasteiger partial charge >= 0.3 is 0 Å². The lowest BCUT2D eigenvalue weighted by molar-refractivity contribution is 1.41.